The van der Waals surface area contributed by atoms with Crippen LogP contribution in [-0.2, 0) is 25.4 Å². The Hall–Kier alpha value is -3.52. The molecule has 0 spiro atoms. The Morgan fingerprint density at radius 3 is 1.18 bits per heavy atom. The molecule has 2 N–H and O–H groups in total. The topological polar surface area (TPSA) is 71.2 Å². The second-order valence-corrected chi connectivity index (χ2v) is 11.4. The molecule has 4 rings (SSSR count). The molecule has 2 aliphatic heterocycles. The van der Waals surface area contributed by atoms with Crippen LogP contribution in [0.1, 0.15) is 41.5 Å². The molecule has 4 amide bonds. The van der Waals surface area contributed by atoms with Gasteiger partial charge in [-0.15, -0.1) is 0 Å². The van der Waals surface area contributed by atoms with Gasteiger partial charge in [0.2, 0.25) is 0 Å². The van der Waals surface area contributed by atoms with Crippen molar-refractivity contribution in [3.63, 3.8) is 0 Å². The summed E-state index contributed by atoms with van der Waals surface area (Å²) in [7, 11) is 0. The number of alkyl halides is 6. The number of halogens is 6. The van der Waals surface area contributed by atoms with Crippen molar-refractivity contribution in [3.05, 3.63) is 70.8 Å². The van der Waals surface area contributed by atoms with Crippen LogP contribution in [0.4, 0.5) is 35.9 Å². The van der Waals surface area contributed by atoms with Crippen LogP contribution in [0.25, 0.3) is 0 Å². The van der Waals surface area contributed by atoms with E-state index in [-0.39, 0.29) is 12.1 Å². The van der Waals surface area contributed by atoms with E-state index in [4.69, 9.17) is 0 Å². The molecule has 14 heteroatoms. The summed E-state index contributed by atoms with van der Waals surface area (Å²) < 4.78 is 76.5. The van der Waals surface area contributed by atoms with Crippen LogP contribution in [0.5, 0.6) is 0 Å². The fourth-order valence-corrected chi connectivity index (χ4v) is 5.37. The summed E-state index contributed by atoms with van der Waals surface area (Å²) in [6, 6.07) is 10.1. The molecule has 8 nitrogen and oxygen atoms in total. The van der Waals surface area contributed by atoms with E-state index in [1.165, 1.54) is 24.3 Å². The third-order valence-electron chi connectivity index (χ3n) is 8.10. The zero-order valence-electron chi connectivity index (χ0n) is 25.1. The molecule has 45 heavy (non-hydrogen) atoms. The van der Waals surface area contributed by atoms with Crippen molar-refractivity contribution in [2.24, 2.45) is 0 Å². The van der Waals surface area contributed by atoms with E-state index in [0.29, 0.717) is 78.5 Å². The number of unbranched alkanes of at least 4 members (excludes halogenated alkanes) is 2. The quantitative estimate of drug-likeness (QED) is 0.275. The number of urea groups is 2. The van der Waals surface area contributed by atoms with Gasteiger partial charge < -0.3 is 20.4 Å². The zero-order chi connectivity index (χ0) is 32.5. The lowest BCUT2D eigenvalue weighted by Gasteiger charge is -2.34. The Morgan fingerprint density at radius 1 is 0.533 bits per heavy atom. The fraction of sp³-hybridized carbons (Fsp3) is 0.548. The Morgan fingerprint density at radius 2 is 0.867 bits per heavy atom. The summed E-state index contributed by atoms with van der Waals surface area (Å²) in [5.41, 5.74) is 0.273. The van der Waals surface area contributed by atoms with Crippen LogP contribution in [0.3, 0.4) is 0 Å². The second-order valence-electron chi connectivity index (χ2n) is 11.4. The Kier molecular flexibility index (Phi) is 12.0. The molecule has 0 bridgehead atoms. The van der Waals surface area contributed by atoms with Gasteiger partial charge in [-0.3, -0.25) is 9.80 Å². The molecule has 0 aromatic heterocycles. The van der Waals surface area contributed by atoms with E-state index in [1.54, 1.807) is 9.80 Å². The molecule has 2 heterocycles. The third-order valence-corrected chi connectivity index (χ3v) is 8.10. The minimum Gasteiger partial charge on any atom is -0.338 e. The van der Waals surface area contributed by atoms with E-state index in [1.807, 2.05) is 0 Å². The van der Waals surface area contributed by atoms with Crippen LogP contribution in [0, 0.1) is 0 Å². The first kappa shape index (κ1) is 34.4. The minimum atomic E-state index is -4.35. The molecule has 2 saturated heterocycles. The number of hydrogen-bond acceptors (Lipinski definition) is 4. The maximum absolute atomic E-state index is 12.8. The Bertz CT molecular complexity index is 1130. The highest BCUT2D eigenvalue weighted by atomic mass is 19.4. The smallest absolute Gasteiger partial charge is 0.338 e. The number of carbonyl (C=O) groups is 2. The SMILES string of the molecule is O=C(NCCCCCNC(=O)N1CCN(Cc2ccc(C(F)(F)F)cc2)CC1)N1CCN(Cc2ccc(C(F)(F)F)cc2)CC1. The van der Waals surface area contributed by atoms with Crippen molar-refractivity contribution >= 4 is 12.1 Å². The van der Waals surface area contributed by atoms with Crippen molar-refractivity contribution < 1.29 is 35.9 Å². The lowest BCUT2D eigenvalue weighted by atomic mass is 10.1. The number of carbonyl (C=O) groups excluding carboxylic acids is 2. The highest BCUT2D eigenvalue weighted by Crippen LogP contribution is 2.30. The van der Waals surface area contributed by atoms with Crippen molar-refractivity contribution in [1.82, 2.24) is 30.2 Å². The molecule has 0 atom stereocenters. The van der Waals surface area contributed by atoms with Gasteiger partial charge in [0.25, 0.3) is 0 Å². The first-order valence-electron chi connectivity index (χ1n) is 15.2. The highest BCUT2D eigenvalue weighted by molar-refractivity contribution is 5.74. The largest absolute Gasteiger partial charge is 0.416 e. The number of amides is 4. The number of rotatable bonds is 10. The summed E-state index contributed by atoms with van der Waals surface area (Å²) in [6.07, 6.45) is -6.31. The van der Waals surface area contributed by atoms with Crippen molar-refractivity contribution in [1.29, 1.82) is 0 Å². The standard InChI is InChI=1S/C31H40F6N6O2/c32-30(33,34)26-8-4-24(5-9-26)22-40-14-18-42(19-15-40)28(44)38-12-2-1-3-13-39-29(45)43-20-16-41(17-21-43)23-25-6-10-27(11-7-25)31(35,36)37/h4-11H,1-3,12-23H2,(H,38,44)(H,39,45). The number of benzene rings is 2. The average molecular weight is 643 g/mol. The Labute approximate surface area is 259 Å². The molecule has 248 valence electrons. The molecule has 0 aliphatic carbocycles. The van der Waals surface area contributed by atoms with Gasteiger partial charge in [0.15, 0.2) is 0 Å². The molecule has 2 aliphatic rings. The van der Waals surface area contributed by atoms with Gasteiger partial charge in [0.1, 0.15) is 0 Å². The lowest BCUT2D eigenvalue weighted by molar-refractivity contribution is -0.138. The van der Waals surface area contributed by atoms with Gasteiger partial charge in [-0.2, -0.15) is 26.3 Å². The summed E-state index contributed by atoms with van der Waals surface area (Å²) in [5.74, 6) is 0. The van der Waals surface area contributed by atoms with Crippen molar-refractivity contribution in [3.8, 4) is 0 Å². The van der Waals surface area contributed by atoms with E-state index in [2.05, 4.69) is 20.4 Å². The Balaban J connectivity index is 1.01. The normalized spacial score (nSPS) is 16.9. The lowest BCUT2D eigenvalue weighted by Crippen LogP contribution is -2.51. The van der Waals surface area contributed by atoms with Gasteiger partial charge in [0.05, 0.1) is 11.1 Å². The average Bonchev–Trinajstić information content (AvgIpc) is 3.01. The number of nitrogens with one attached hydrogen (secondary N) is 2. The number of piperazine rings is 2. The maximum atomic E-state index is 12.8. The van der Waals surface area contributed by atoms with Crippen molar-refractivity contribution in [2.45, 2.75) is 44.7 Å². The highest BCUT2D eigenvalue weighted by Gasteiger charge is 2.31. The monoisotopic (exact) mass is 642 g/mol. The maximum Gasteiger partial charge on any atom is 0.416 e. The van der Waals surface area contributed by atoms with Crippen LogP contribution in [0.2, 0.25) is 0 Å². The molecule has 0 unspecified atom stereocenters. The summed E-state index contributed by atoms with van der Waals surface area (Å²) in [6.45, 7) is 6.86. The molecule has 2 fully saturated rings. The molecule has 0 radical (unpaired) electrons. The van der Waals surface area contributed by atoms with E-state index >= 15 is 0 Å². The first-order chi connectivity index (χ1) is 21.4. The summed E-state index contributed by atoms with van der Waals surface area (Å²) in [4.78, 5) is 32.7. The minimum absolute atomic E-state index is 0.130. The van der Waals surface area contributed by atoms with Gasteiger partial charge in [0, 0.05) is 78.5 Å². The summed E-state index contributed by atoms with van der Waals surface area (Å²) in [5, 5.41) is 5.86. The van der Waals surface area contributed by atoms with E-state index in [9.17, 15) is 35.9 Å². The molecular weight excluding hydrogens is 602 g/mol. The molecule has 0 saturated carbocycles. The van der Waals surface area contributed by atoms with Crippen LogP contribution >= 0.6 is 0 Å². The molecule has 2 aromatic carbocycles. The number of hydrogen-bond donors (Lipinski definition) is 2. The van der Waals surface area contributed by atoms with Gasteiger partial charge in [-0.25, -0.2) is 9.59 Å². The van der Waals surface area contributed by atoms with Gasteiger partial charge in [-0.05, 0) is 54.7 Å². The second kappa shape index (κ2) is 15.7. The fourth-order valence-electron chi connectivity index (χ4n) is 5.37. The zero-order valence-corrected chi connectivity index (χ0v) is 25.1. The van der Waals surface area contributed by atoms with Crippen LogP contribution < -0.4 is 10.6 Å². The summed E-state index contributed by atoms with van der Waals surface area (Å²) >= 11 is 0. The number of nitrogens with zero attached hydrogens (tertiary/aromatic N) is 4. The van der Waals surface area contributed by atoms with E-state index in [0.717, 1.165) is 54.7 Å². The third kappa shape index (κ3) is 10.8. The van der Waals surface area contributed by atoms with E-state index < -0.39 is 23.5 Å². The van der Waals surface area contributed by atoms with Gasteiger partial charge in [-0.1, -0.05) is 24.3 Å². The predicted molar refractivity (Wildman–Crippen MR) is 157 cm³/mol. The molecular formula is C31H40F6N6O2. The van der Waals surface area contributed by atoms with Crippen LogP contribution in [0.15, 0.2) is 48.5 Å². The van der Waals surface area contributed by atoms with Crippen molar-refractivity contribution in [2.75, 3.05) is 65.4 Å². The molecule has 2 aromatic rings. The van der Waals surface area contributed by atoms with Gasteiger partial charge >= 0.3 is 24.4 Å². The predicted octanol–water partition coefficient (Wildman–Crippen LogP) is 5.25. The van der Waals surface area contributed by atoms with Crippen LogP contribution in [-0.4, -0.2) is 97.1 Å². The first-order valence-corrected chi connectivity index (χ1v) is 15.2.